The van der Waals surface area contributed by atoms with Crippen LogP contribution in [0, 0.1) is 17.3 Å². The maximum Gasteiger partial charge on any atom is 0.149 e. The molecule has 0 fully saturated rings. The lowest BCUT2D eigenvalue weighted by atomic mass is 9.98. The molecule has 0 radical (unpaired) electrons. The van der Waals surface area contributed by atoms with Crippen LogP contribution in [0.15, 0.2) is 30.8 Å². The Morgan fingerprint density at radius 1 is 1.24 bits per heavy atom. The summed E-state index contributed by atoms with van der Waals surface area (Å²) in [5, 5.41) is 0. The van der Waals surface area contributed by atoms with Crippen molar-refractivity contribution < 1.29 is 4.74 Å². The number of hydrogen-bond donors (Lipinski definition) is 0. The molecular formula is C16H20O. The normalized spacial score (nSPS) is 10.4. The largest absolute Gasteiger partial charge is 0.481 e. The molecule has 0 spiro atoms. The summed E-state index contributed by atoms with van der Waals surface area (Å²) in [6, 6.07) is 7.91. The summed E-state index contributed by atoms with van der Waals surface area (Å²) in [5.74, 6) is 7.00. The van der Waals surface area contributed by atoms with Crippen molar-refractivity contribution in [1.29, 1.82) is 0 Å². The molecule has 0 aromatic heterocycles. The van der Waals surface area contributed by atoms with Gasteiger partial charge in [0, 0.05) is 5.41 Å². The summed E-state index contributed by atoms with van der Waals surface area (Å²) in [6.45, 7) is 12.6. The van der Waals surface area contributed by atoms with Gasteiger partial charge >= 0.3 is 0 Å². The van der Waals surface area contributed by atoms with Gasteiger partial charge in [0.05, 0.1) is 0 Å². The minimum absolute atomic E-state index is 0.0349. The molecule has 17 heavy (non-hydrogen) atoms. The quantitative estimate of drug-likeness (QED) is 0.706. The van der Waals surface area contributed by atoms with Gasteiger partial charge < -0.3 is 4.74 Å². The van der Waals surface area contributed by atoms with Gasteiger partial charge in [-0.3, -0.25) is 0 Å². The minimum atomic E-state index is 0.0349. The summed E-state index contributed by atoms with van der Waals surface area (Å²) < 4.78 is 5.53. The second-order valence-electron chi connectivity index (χ2n) is 5.15. The molecule has 0 aliphatic rings. The topological polar surface area (TPSA) is 9.23 Å². The molecule has 0 saturated heterocycles. The van der Waals surface area contributed by atoms with E-state index >= 15 is 0 Å². The average molecular weight is 228 g/mol. The van der Waals surface area contributed by atoms with Gasteiger partial charge in [0.15, 0.2) is 0 Å². The van der Waals surface area contributed by atoms with Gasteiger partial charge in [0.2, 0.25) is 0 Å². The lowest BCUT2D eigenvalue weighted by Gasteiger charge is -2.07. The molecule has 0 N–H and O–H groups in total. The monoisotopic (exact) mass is 228 g/mol. The molecular weight excluding hydrogens is 208 g/mol. The first-order valence-electron chi connectivity index (χ1n) is 5.77. The highest BCUT2D eigenvalue weighted by Gasteiger charge is 2.02. The zero-order valence-corrected chi connectivity index (χ0v) is 11.1. The Morgan fingerprint density at radius 2 is 1.82 bits per heavy atom. The van der Waals surface area contributed by atoms with Crippen LogP contribution in [-0.2, 0) is 0 Å². The maximum absolute atomic E-state index is 5.53. The second-order valence-corrected chi connectivity index (χ2v) is 5.15. The van der Waals surface area contributed by atoms with E-state index in [1.165, 1.54) is 0 Å². The summed E-state index contributed by atoms with van der Waals surface area (Å²) in [5.41, 5.74) is 2.23. The predicted molar refractivity (Wildman–Crippen MR) is 73.9 cm³/mol. The van der Waals surface area contributed by atoms with E-state index in [4.69, 9.17) is 4.74 Å². The number of rotatable bonds is 3. The van der Waals surface area contributed by atoms with Gasteiger partial charge in [-0.05, 0) is 45.4 Å². The summed E-state index contributed by atoms with van der Waals surface area (Å²) >= 11 is 0. The van der Waals surface area contributed by atoms with Gasteiger partial charge in [-0.25, -0.2) is 0 Å². The first-order chi connectivity index (χ1) is 7.88. The van der Waals surface area contributed by atoms with Crippen molar-refractivity contribution in [3.05, 3.63) is 36.4 Å². The van der Waals surface area contributed by atoms with Crippen molar-refractivity contribution in [3.63, 3.8) is 0 Å². The summed E-state index contributed by atoms with van der Waals surface area (Å²) in [4.78, 5) is 0. The molecule has 0 amide bonds. The van der Waals surface area contributed by atoms with Gasteiger partial charge in [-0.15, -0.1) is 0 Å². The highest BCUT2D eigenvalue weighted by molar-refractivity contribution is 5.61. The van der Waals surface area contributed by atoms with E-state index in [9.17, 15) is 0 Å². The van der Waals surface area contributed by atoms with Crippen molar-refractivity contribution in [2.75, 3.05) is 6.61 Å². The third-order valence-corrected chi connectivity index (χ3v) is 2.12. The van der Waals surface area contributed by atoms with E-state index < -0.39 is 0 Å². The van der Waals surface area contributed by atoms with Crippen LogP contribution in [0.5, 0.6) is 5.75 Å². The molecule has 0 aliphatic heterocycles. The summed E-state index contributed by atoms with van der Waals surface area (Å²) in [6.07, 6.45) is 0. The molecule has 0 saturated carbocycles. The molecule has 0 bridgehead atoms. The first-order valence-corrected chi connectivity index (χ1v) is 5.77. The van der Waals surface area contributed by atoms with E-state index in [1.807, 2.05) is 31.2 Å². The third-order valence-electron chi connectivity index (χ3n) is 2.12. The Morgan fingerprint density at radius 3 is 2.29 bits per heavy atom. The Hall–Kier alpha value is -1.68. The van der Waals surface area contributed by atoms with Crippen molar-refractivity contribution in [1.82, 2.24) is 0 Å². The van der Waals surface area contributed by atoms with Crippen LogP contribution in [-0.4, -0.2) is 6.61 Å². The predicted octanol–water partition coefficient (Wildman–Crippen LogP) is 4.15. The standard InChI is InChI=1S/C16H20O/c1-13(2)14-7-9-15(10-8-14)17-12-6-11-16(3,4)5/h7-10H,1,12H2,2-5H3. The number of ether oxygens (including phenoxy) is 1. The highest BCUT2D eigenvalue weighted by Crippen LogP contribution is 2.16. The van der Waals surface area contributed by atoms with E-state index in [0.717, 1.165) is 16.9 Å². The number of hydrogen-bond acceptors (Lipinski definition) is 1. The first kappa shape index (κ1) is 13.4. The lowest BCUT2D eigenvalue weighted by Crippen LogP contribution is -2.01. The maximum atomic E-state index is 5.53. The van der Waals surface area contributed by atoms with E-state index in [1.54, 1.807) is 0 Å². The van der Waals surface area contributed by atoms with Crippen molar-refractivity contribution in [3.8, 4) is 17.6 Å². The molecule has 1 nitrogen and oxygen atoms in total. The molecule has 0 aliphatic carbocycles. The van der Waals surface area contributed by atoms with E-state index in [-0.39, 0.29) is 5.41 Å². The van der Waals surface area contributed by atoms with Crippen LogP contribution in [0.2, 0.25) is 0 Å². The van der Waals surface area contributed by atoms with Gasteiger partial charge in [0.1, 0.15) is 12.4 Å². The minimum Gasteiger partial charge on any atom is -0.481 e. The van der Waals surface area contributed by atoms with Crippen molar-refractivity contribution >= 4 is 5.57 Å². The molecule has 1 aromatic carbocycles. The van der Waals surface area contributed by atoms with Crippen LogP contribution in [0.1, 0.15) is 33.3 Å². The SMILES string of the molecule is C=C(C)c1ccc(OCC#CC(C)(C)C)cc1. The Balaban J connectivity index is 2.53. The number of allylic oxidation sites excluding steroid dienone is 1. The van der Waals surface area contributed by atoms with Crippen LogP contribution in [0.3, 0.4) is 0 Å². The molecule has 90 valence electrons. The molecule has 0 unspecified atom stereocenters. The fourth-order valence-electron chi connectivity index (χ4n) is 1.26. The second kappa shape index (κ2) is 5.59. The Labute approximate surface area is 105 Å². The fourth-order valence-corrected chi connectivity index (χ4v) is 1.26. The third kappa shape index (κ3) is 5.26. The molecule has 1 rings (SSSR count). The Kier molecular flexibility index (Phi) is 4.40. The van der Waals surface area contributed by atoms with Crippen LogP contribution in [0.4, 0.5) is 0 Å². The van der Waals surface area contributed by atoms with Gasteiger partial charge in [0.25, 0.3) is 0 Å². The van der Waals surface area contributed by atoms with Crippen LogP contribution < -0.4 is 4.74 Å². The van der Waals surface area contributed by atoms with Crippen molar-refractivity contribution in [2.45, 2.75) is 27.7 Å². The lowest BCUT2D eigenvalue weighted by molar-refractivity contribution is 0.369. The number of benzene rings is 1. The summed E-state index contributed by atoms with van der Waals surface area (Å²) in [7, 11) is 0. The zero-order valence-electron chi connectivity index (χ0n) is 11.1. The molecule has 0 heterocycles. The molecule has 1 aromatic rings. The molecule has 0 atom stereocenters. The van der Waals surface area contributed by atoms with Gasteiger partial charge in [-0.2, -0.15) is 0 Å². The van der Waals surface area contributed by atoms with E-state index in [2.05, 4.69) is 39.2 Å². The molecule has 1 heteroatoms. The smallest absolute Gasteiger partial charge is 0.149 e. The zero-order chi connectivity index (χ0) is 12.9. The average Bonchev–Trinajstić information content (AvgIpc) is 2.24. The highest BCUT2D eigenvalue weighted by atomic mass is 16.5. The Bertz CT molecular complexity index is 435. The van der Waals surface area contributed by atoms with E-state index in [0.29, 0.717) is 6.61 Å². The fraction of sp³-hybridized carbons (Fsp3) is 0.375. The van der Waals surface area contributed by atoms with Crippen LogP contribution >= 0.6 is 0 Å². The van der Waals surface area contributed by atoms with Crippen LogP contribution in [0.25, 0.3) is 5.57 Å². The van der Waals surface area contributed by atoms with Crippen molar-refractivity contribution in [2.24, 2.45) is 5.41 Å². The van der Waals surface area contributed by atoms with Gasteiger partial charge in [-0.1, -0.05) is 36.1 Å².